The van der Waals surface area contributed by atoms with Gasteiger partial charge in [0.15, 0.2) is 11.6 Å². The van der Waals surface area contributed by atoms with Crippen LogP contribution in [-0.2, 0) is 11.2 Å². The molecule has 148 valence electrons. The van der Waals surface area contributed by atoms with Crippen LogP contribution < -0.4 is 0 Å². The number of carboxylic acids is 1. The lowest BCUT2D eigenvalue weighted by Gasteiger charge is -2.32. The molecule has 0 aliphatic rings. The summed E-state index contributed by atoms with van der Waals surface area (Å²) in [7, 11) is 0. The number of rotatable bonds is 7. The highest BCUT2D eigenvalue weighted by molar-refractivity contribution is 5.91. The maximum Gasteiger partial charge on any atom is 0.303 e. The number of fused-ring (bicyclic) bond motifs is 1. The second-order valence-corrected chi connectivity index (χ2v) is 7.58. The van der Waals surface area contributed by atoms with Crippen LogP contribution in [0.15, 0.2) is 24.7 Å². The third-order valence-electron chi connectivity index (χ3n) is 5.43. The van der Waals surface area contributed by atoms with Gasteiger partial charge in [0.05, 0.1) is 18.1 Å². The summed E-state index contributed by atoms with van der Waals surface area (Å²) in [4.78, 5) is 26.6. The Hall–Kier alpha value is -2.90. The number of aromatic amines is 1. The molecule has 0 aliphatic heterocycles. The minimum absolute atomic E-state index is 0.0815. The smallest absolute Gasteiger partial charge is 0.303 e. The molecule has 3 heterocycles. The fourth-order valence-corrected chi connectivity index (χ4v) is 3.20. The fourth-order valence-electron chi connectivity index (χ4n) is 3.20. The van der Waals surface area contributed by atoms with Crippen LogP contribution in [-0.4, -0.2) is 31.0 Å². The number of nitrogens with zero attached hydrogens (tertiary/aromatic N) is 3. The summed E-state index contributed by atoms with van der Waals surface area (Å²) in [6.07, 6.45) is 4.60. The minimum Gasteiger partial charge on any atom is -0.481 e. The van der Waals surface area contributed by atoms with Gasteiger partial charge >= 0.3 is 5.97 Å². The Labute approximate surface area is 161 Å². The topological polar surface area (TPSA) is 91.8 Å². The van der Waals surface area contributed by atoms with Crippen LogP contribution in [0.3, 0.4) is 0 Å². The van der Waals surface area contributed by atoms with Gasteiger partial charge in [0.2, 0.25) is 0 Å². The zero-order valence-electron chi connectivity index (χ0n) is 16.0. The number of hydrogen-bond acceptors (Lipinski definition) is 4. The molecule has 0 bridgehead atoms. The summed E-state index contributed by atoms with van der Waals surface area (Å²) in [5.41, 5.74) is 0.829. The Bertz CT molecular complexity index is 1020. The van der Waals surface area contributed by atoms with E-state index >= 15 is 0 Å². The number of H-pyrrole nitrogens is 1. The predicted octanol–water partition coefficient (Wildman–Crippen LogP) is 4.37. The predicted molar refractivity (Wildman–Crippen MR) is 101 cm³/mol. The number of aliphatic carboxylic acids is 1. The second-order valence-electron chi connectivity index (χ2n) is 7.58. The lowest BCUT2D eigenvalue weighted by molar-refractivity contribution is -0.139. The zero-order chi connectivity index (χ0) is 20.5. The average molecular weight is 388 g/mol. The SMILES string of the molecule is CCC(C)(C)[C@H](CC(=O)O)Cc1nc(-c2c[nH]c3ncc(F)cc23)ncc1F. The lowest BCUT2D eigenvalue weighted by Crippen LogP contribution is -2.28. The molecule has 0 saturated carbocycles. The molecule has 3 aromatic heterocycles. The molecule has 0 fully saturated rings. The summed E-state index contributed by atoms with van der Waals surface area (Å²) in [6, 6.07) is 1.31. The van der Waals surface area contributed by atoms with E-state index in [4.69, 9.17) is 0 Å². The van der Waals surface area contributed by atoms with E-state index < -0.39 is 17.6 Å². The molecule has 3 aromatic rings. The number of carbonyl (C=O) groups is 1. The van der Waals surface area contributed by atoms with Crippen LogP contribution in [0.4, 0.5) is 8.78 Å². The van der Waals surface area contributed by atoms with Gasteiger partial charge in [0.1, 0.15) is 11.5 Å². The quantitative estimate of drug-likeness (QED) is 0.627. The van der Waals surface area contributed by atoms with Gasteiger partial charge < -0.3 is 10.1 Å². The van der Waals surface area contributed by atoms with Crippen molar-refractivity contribution < 1.29 is 18.7 Å². The molecule has 3 rings (SSSR count). The molecule has 0 aromatic carbocycles. The molecular weight excluding hydrogens is 366 g/mol. The van der Waals surface area contributed by atoms with Gasteiger partial charge in [0.25, 0.3) is 0 Å². The third-order valence-corrected chi connectivity index (χ3v) is 5.43. The van der Waals surface area contributed by atoms with Crippen LogP contribution in [0.2, 0.25) is 0 Å². The summed E-state index contributed by atoms with van der Waals surface area (Å²) >= 11 is 0. The Morgan fingerprint density at radius 1 is 1.29 bits per heavy atom. The summed E-state index contributed by atoms with van der Waals surface area (Å²) in [5.74, 6) is -2.08. The van der Waals surface area contributed by atoms with Crippen LogP contribution in [0.1, 0.15) is 39.3 Å². The molecule has 28 heavy (non-hydrogen) atoms. The maximum absolute atomic E-state index is 14.4. The standard InChI is InChI=1S/C20H22F2N4O2/c1-4-20(2,3)11(6-17(27)28)5-16-15(22)10-25-19(26-16)14-9-24-18-13(14)7-12(21)8-23-18/h7-11H,4-6H2,1-3H3,(H,23,24)(H,27,28)/t11-/m0/s1. The van der Waals surface area contributed by atoms with Crippen molar-refractivity contribution in [1.29, 1.82) is 0 Å². The van der Waals surface area contributed by atoms with Crippen LogP contribution >= 0.6 is 0 Å². The summed E-state index contributed by atoms with van der Waals surface area (Å²) in [5, 5.41) is 9.76. The molecule has 0 unspecified atom stereocenters. The Morgan fingerprint density at radius 2 is 2.04 bits per heavy atom. The first-order valence-corrected chi connectivity index (χ1v) is 9.07. The number of carboxylic acid groups (broad SMARTS) is 1. The normalized spacial score (nSPS) is 13.0. The van der Waals surface area contributed by atoms with E-state index in [-0.39, 0.29) is 35.7 Å². The molecule has 0 saturated heterocycles. The summed E-state index contributed by atoms with van der Waals surface area (Å²) in [6.45, 7) is 5.91. The van der Waals surface area contributed by atoms with Crippen molar-refractivity contribution in [3.63, 3.8) is 0 Å². The van der Waals surface area contributed by atoms with Gasteiger partial charge in [-0.15, -0.1) is 0 Å². The number of pyridine rings is 1. The number of aromatic nitrogens is 4. The molecule has 0 aliphatic carbocycles. The van der Waals surface area contributed by atoms with Gasteiger partial charge in [0, 0.05) is 23.6 Å². The number of hydrogen-bond donors (Lipinski definition) is 2. The van der Waals surface area contributed by atoms with Crippen molar-refractivity contribution >= 4 is 17.0 Å². The Kier molecular flexibility index (Phi) is 5.40. The van der Waals surface area contributed by atoms with Gasteiger partial charge in [-0.1, -0.05) is 27.2 Å². The average Bonchev–Trinajstić information content (AvgIpc) is 3.05. The molecule has 8 heteroatoms. The molecule has 1 atom stereocenters. The largest absolute Gasteiger partial charge is 0.481 e. The first-order valence-electron chi connectivity index (χ1n) is 9.07. The van der Waals surface area contributed by atoms with Gasteiger partial charge in [-0.25, -0.2) is 23.7 Å². The van der Waals surface area contributed by atoms with E-state index in [1.807, 2.05) is 20.8 Å². The molecule has 0 amide bonds. The second kappa shape index (κ2) is 7.61. The lowest BCUT2D eigenvalue weighted by atomic mass is 9.73. The number of halogens is 2. The maximum atomic E-state index is 14.4. The molecule has 0 radical (unpaired) electrons. The van der Waals surface area contributed by atoms with Crippen molar-refractivity contribution in [3.05, 3.63) is 42.0 Å². The molecular formula is C20H22F2N4O2. The molecule has 2 N–H and O–H groups in total. The minimum atomic E-state index is -0.931. The first-order chi connectivity index (χ1) is 13.2. The van der Waals surface area contributed by atoms with E-state index in [9.17, 15) is 18.7 Å². The van der Waals surface area contributed by atoms with Crippen molar-refractivity contribution in [2.45, 2.75) is 40.0 Å². The van der Waals surface area contributed by atoms with Gasteiger partial charge in [-0.3, -0.25) is 4.79 Å². The van der Waals surface area contributed by atoms with E-state index in [0.29, 0.717) is 16.6 Å². The van der Waals surface area contributed by atoms with Crippen LogP contribution in [0.5, 0.6) is 0 Å². The van der Waals surface area contributed by atoms with Crippen molar-refractivity contribution in [1.82, 2.24) is 19.9 Å². The first kappa shape index (κ1) is 19.9. The Morgan fingerprint density at radius 3 is 2.71 bits per heavy atom. The van der Waals surface area contributed by atoms with Crippen molar-refractivity contribution in [2.75, 3.05) is 0 Å². The molecule has 6 nitrogen and oxygen atoms in total. The van der Waals surface area contributed by atoms with E-state index in [2.05, 4.69) is 19.9 Å². The van der Waals surface area contributed by atoms with E-state index in [0.717, 1.165) is 18.8 Å². The highest BCUT2D eigenvalue weighted by Crippen LogP contribution is 2.36. The van der Waals surface area contributed by atoms with E-state index in [1.54, 1.807) is 6.20 Å². The van der Waals surface area contributed by atoms with Crippen molar-refractivity contribution in [3.8, 4) is 11.4 Å². The highest BCUT2D eigenvalue weighted by atomic mass is 19.1. The fraction of sp³-hybridized carbons (Fsp3) is 0.400. The van der Waals surface area contributed by atoms with Crippen LogP contribution in [0.25, 0.3) is 22.4 Å². The van der Waals surface area contributed by atoms with Gasteiger partial charge in [-0.2, -0.15) is 0 Å². The number of nitrogens with one attached hydrogen (secondary N) is 1. The Balaban J connectivity index is 2.01. The van der Waals surface area contributed by atoms with Gasteiger partial charge in [-0.05, 0) is 23.8 Å². The molecule has 0 spiro atoms. The van der Waals surface area contributed by atoms with Crippen molar-refractivity contribution in [2.24, 2.45) is 11.3 Å². The monoisotopic (exact) mass is 388 g/mol. The highest BCUT2D eigenvalue weighted by Gasteiger charge is 2.31. The van der Waals surface area contributed by atoms with E-state index in [1.165, 1.54) is 6.07 Å². The third kappa shape index (κ3) is 4.00. The van der Waals surface area contributed by atoms with Crippen LogP contribution in [0, 0.1) is 23.0 Å². The zero-order valence-corrected chi connectivity index (χ0v) is 16.0. The summed E-state index contributed by atoms with van der Waals surface area (Å²) < 4.78 is 28.0.